The van der Waals surface area contributed by atoms with Crippen LogP contribution in [0.5, 0.6) is 0 Å². The van der Waals surface area contributed by atoms with Crippen LogP contribution in [-0.2, 0) is 9.84 Å². The van der Waals surface area contributed by atoms with E-state index in [1.807, 2.05) is 19.1 Å². The molecular weight excluding hydrogens is 222 g/mol. The molecule has 0 heterocycles. The molecule has 0 fully saturated rings. The summed E-state index contributed by atoms with van der Waals surface area (Å²) in [6, 6.07) is 7.00. The van der Waals surface area contributed by atoms with E-state index in [1.165, 1.54) is 0 Å². The molecule has 0 aliphatic heterocycles. The molecular formula is C12H15NO2S. The first-order valence-electron chi connectivity index (χ1n) is 5.14. The zero-order chi connectivity index (χ0) is 12.3. The van der Waals surface area contributed by atoms with E-state index in [1.54, 1.807) is 26.0 Å². The molecule has 1 aromatic rings. The summed E-state index contributed by atoms with van der Waals surface area (Å²) in [5.74, 6) is 0. The van der Waals surface area contributed by atoms with Crippen molar-refractivity contribution in [2.45, 2.75) is 37.3 Å². The molecule has 3 nitrogen and oxygen atoms in total. The van der Waals surface area contributed by atoms with Gasteiger partial charge in [0.25, 0.3) is 0 Å². The van der Waals surface area contributed by atoms with Crippen molar-refractivity contribution in [1.29, 1.82) is 5.26 Å². The summed E-state index contributed by atoms with van der Waals surface area (Å²) in [7, 11) is -3.51. The Hall–Kier alpha value is -1.34. The maximum atomic E-state index is 12.1. The quantitative estimate of drug-likeness (QED) is 0.811. The fraction of sp³-hybridized carbons (Fsp3) is 0.417. The van der Waals surface area contributed by atoms with Gasteiger partial charge in [-0.3, -0.25) is 0 Å². The van der Waals surface area contributed by atoms with E-state index >= 15 is 0 Å². The van der Waals surface area contributed by atoms with Crippen LogP contribution in [0.4, 0.5) is 0 Å². The lowest BCUT2D eigenvalue weighted by atomic mass is 10.2. The van der Waals surface area contributed by atoms with Crippen molar-refractivity contribution in [2.24, 2.45) is 0 Å². The molecule has 0 aliphatic carbocycles. The van der Waals surface area contributed by atoms with E-state index in [4.69, 9.17) is 5.26 Å². The Morgan fingerprint density at radius 3 is 2.44 bits per heavy atom. The number of aryl methyl sites for hydroxylation is 2. The van der Waals surface area contributed by atoms with Crippen molar-refractivity contribution in [1.82, 2.24) is 0 Å². The van der Waals surface area contributed by atoms with Gasteiger partial charge in [-0.2, -0.15) is 5.26 Å². The van der Waals surface area contributed by atoms with Crippen molar-refractivity contribution in [3.63, 3.8) is 0 Å². The van der Waals surface area contributed by atoms with Crippen LogP contribution in [0.2, 0.25) is 0 Å². The Kier molecular flexibility index (Phi) is 3.71. The van der Waals surface area contributed by atoms with Gasteiger partial charge in [0.15, 0.2) is 15.1 Å². The molecule has 16 heavy (non-hydrogen) atoms. The van der Waals surface area contributed by atoms with Crippen molar-refractivity contribution in [3.8, 4) is 6.07 Å². The summed E-state index contributed by atoms with van der Waals surface area (Å²) < 4.78 is 24.2. The molecule has 1 unspecified atom stereocenters. The first-order valence-corrected chi connectivity index (χ1v) is 6.69. The first kappa shape index (κ1) is 12.7. The topological polar surface area (TPSA) is 57.9 Å². The fourth-order valence-electron chi connectivity index (χ4n) is 1.65. The third-order valence-electron chi connectivity index (χ3n) is 2.53. The highest BCUT2D eigenvalue weighted by Crippen LogP contribution is 2.22. The molecule has 0 radical (unpaired) electrons. The van der Waals surface area contributed by atoms with Crippen LogP contribution in [0, 0.1) is 25.2 Å². The van der Waals surface area contributed by atoms with E-state index in [9.17, 15) is 8.42 Å². The molecule has 1 aromatic carbocycles. The van der Waals surface area contributed by atoms with Crippen molar-refractivity contribution in [2.75, 3.05) is 0 Å². The first-order chi connectivity index (χ1) is 7.43. The van der Waals surface area contributed by atoms with Gasteiger partial charge in [0, 0.05) is 0 Å². The highest BCUT2D eigenvalue weighted by atomic mass is 32.2. The van der Waals surface area contributed by atoms with E-state index in [0.29, 0.717) is 12.0 Å². The van der Waals surface area contributed by atoms with E-state index in [0.717, 1.165) is 5.56 Å². The third kappa shape index (κ3) is 2.25. The number of sulfone groups is 1. The minimum absolute atomic E-state index is 0.270. The molecule has 0 saturated heterocycles. The van der Waals surface area contributed by atoms with Crippen LogP contribution in [0.15, 0.2) is 23.1 Å². The number of hydrogen-bond donors (Lipinski definition) is 0. The van der Waals surface area contributed by atoms with Gasteiger partial charge in [-0.05, 0) is 31.9 Å². The molecule has 0 amide bonds. The Bertz CT molecular complexity index is 526. The second-order valence-corrected chi connectivity index (χ2v) is 5.94. The molecule has 0 bridgehead atoms. The Labute approximate surface area is 96.6 Å². The SMILES string of the molecule is CCC(C#N)S(=O)(=O)c1ccc(C)cc1C. The van der Waals surface area contributed by atoms with Crippen LogP contribution in [0.25, 0.3) is 0 Å². The zero-order valence-electron chi connectivity index (χ0n) is 9.69. The number of benzene rings is 1. The summed E-state index contributed by atoms with van der Waals surface area (Å²) in [6.45, 7) is 5.37. The van der Waals surface area contributed by atoms with Crippen LogP contribution in [-0.4, -0.2) is 13.7 Å². The smallest absolute Gasteiger partial charge is 0.194 e. The van der Waals surface area contributed by atoms with Crippen molar-refractivity contribution >= 4 is 9.84 Å². The van der Waals surface area contributed by atoms with Crippen LogP contribution in [0.1, 0.15) is 24.5 Å². The normalized spacial score (nSPS) is 13.1. The van der Waals surface area contributed by atoms with Crippen LogP contribution >= 0.6 is 0 Å². The molecule has 0 spiro atoms. The molecule has 0 saturated carbocycles. The Morgan fingerprint density at radius 2 is 2.00 bits per heavy atom. The molecule has 86 valence electrons. The van der Waals surface area contributed by atoms with Crippen LogP contribution < -0.4 is 0 Å². The van der Waals surface area contributed by atoms with Gasteiger partial charge >= 0.3 is 0 Å². The van der Waals surface area contributed by atoms with Gasteiger partial charge in [0.2, 0.25) is 0 Å². The largest absolute Gasteiger partial charge is 0.222 e. The number of hydrogen-bond acceptors (Lipinski definition) is 3. The van der Waals surface area contributed by atoms with E-state index in [2.05, 4.69) is 0 Å². The third-order valence-corrected chi connectivity index (χ3v) is 4.79. The summed E-state index contributed by atoms with van der Waals surface area (Å²) >= 11 is 0. The number of nitriles is 1. The molecule has 0 aliphatic rings. The van der Waals surface area contributed by atoms with E-state index in [-0.39, 0.29) is 4.90 Å². The van der Waals surface area contributed by atoms with Gasteiger partial charge in [-0.25, -0.2) is 8.42 Å². The fourth-order valence-corrected chi connectivity index (χ4v) is 3.30. The molecule has 1 atom stereocenters. The molecule has 1 rings (SSSR count). The maximum absolute atomic E-state index is 12.1. The highest BCUT2D eigenvalue weighted by molar-refractivity contribution is 7.92. The van der Waals surface area contributed by atoms with Gasteiger partial charge in [-0.15, -0.1) is 0 Å². The Morgan fingerprint density at radius 1 is 1.38 bits per heavy atom. The average Bonchev–Trinajstić information content (AvgIpc) is 2.18. The van der Waals surface area contributed by atoms with Crippen molar-refractivity contribution < 1.29 is 8.42 Å². The summed E-state index contributed by atoms with van der Waals surface area (Å²) in [5, 5.41) is 7.89. The van der Waals surface area contributed by atoms with Gasteiger partial charge in [-0.1, -0.05) is 24.6 Å². The predicted octanol–water partition coefficient (Wildman–Crippen LogP) is 2.38. The van der Waals surface area contributed by atoms with E-state index < -0.39 is 15.1 Å². The van der Waals surface area contributed by atoms with Gasteiger partial charge in [0.1, 0.15) is 0 Å². The molecule has 0 aromatic heterocycles. The maximum Gasteiger partial charge on any atom is 0.194 e. The zero-order valence-corrected chi connectivity index (χ0v) is 10.5. The van der Waals surface area contributed by atoms with Gasteiger partial charge in [0.05, 0.1) is 11.0 Å². The summed E-state index contributed by atoms with van der Waals surface area (Å²) in [5.41, 5.74) is 1.72. The lowest BCUT2D eigenvalue weighted by molar-refractivity contribution is 0.587. The minimum Gasteiger partial charge on any atom is -0.222 e. The van der Waals surface area contributed by atoms with Gasteiger partial charge < -0.3 is 0 Å². The lowest BCUT2D eigenvalue weighted by Crippen LogP contribution is -2.19. The summed E-state index contributed by atoms with van der Waals surface area (Å²) in [4.78, 5) is 0.270. The summed E-state index contributed by atoms with van der Waals surface area (Å²) in [6.07, 6.45) is 0.312. The standard InChI is InChI=1S/C12H15NO2S/c1-4-11(8-13)16(14,15)12-6-5-9(2)7-10(12)3/h5-7,11H,4H2,1-3H3. The van der Waals surface area contributed by atoms with Crippen LogP contribution in [0.3, 0.4) is 0 Å². The molecule has 0 N–H and O–H groups in total. The monoisotopic (exact) mass is 237 g/mol. The van der Waals surface area contributed by atoms with Crippen molar-refractivity contribution in [3.05, 3.63) is 29.3 Å². The number of rotatable bonds is 3. The predicted molar refractivity (Wildman–Crippen MR) is 62.8 cm³/mol. The average molecular weight is 237 g/mol. The number of nitrogens with zero attached hydrogens (tertiary/aromatic N) is 1. The highest BCUT2D eigenvalue weighted by Gasteiger charge is 2.26. The minimum atomic E-state index is -3.51. The second-order valence-electron chi connectivity index (χ2n) is 3.84. The Balaban J connectivity index is 3.34. The lowest BCUT2D eigenvalue weighted by Gasteiger charge is -2.11. The molecule has 4 heteroatoms. The second kappa shape index (κ2) is 4.67.